The molecule has 1 aliphatic heterocycles. The maximum atomic E-state index is 6.12. The molecule has 0 radical (unpaired) electrons. The van der Waals surface area contributed by atoms with E-state index in [1.54, 1.807) is 0 Å². The van der Waals surface area contributed by atoms with Gasteiger partial charge in [0.2, 0.25) is 0 Å². The molecule has 0 aromatic heterocycles. The lowest BCUT2D eigenvalue weighted by Crippen LogP contribution is -2.44. The van der Waals surface area contributed by atoms with Crippen LogP contribution in [0.2, 0.25) is 0 Å². The highest BCUT2D eigenvalue weighted by molar-refractivity contribution is 4.78. The van der Waals surface area contributed by atoms with Gasteiger partial charge in [-0.25, -0.2) is 0 Å². The number of hydrogen-bond acceptors (Lipinski definition) is 4. The fourth-order valence-corrected chi connectivity index (χ4v) is 3.25. The Hall–Kier alpha value is -0.160. The topological polar surface area (TPSA) is 40.2 Å². The Labute approximate surface area is 149 Å². The second-order valence-corrected chi connectivity index (χ2v) is 6.92. The van der Waals surface area contributed by atoms with Crippen molar-refractivity contribution < 1.29 is 18.9 Å². The highest BCUT2D eigenvalue weighted by Gasteiger charge is 2.37. The van der Waals surface area contributed by atoms with Gasteiger partial charge in [0, 0.05) is 25.6 Å². The Morgan fingerprint density at radius 3 is 2.21 bits per heavy atom. The molecule has 24 heavy (non-hydrogen) atoms. The third kappa shape index (κ3) is 8.80. The minimum Gasteiger partial charge on any atom is -0.378 e. The molecule has 2 atom stereocenters. The van der Waals surface area contributed by atoms with Crippen LogP contribution in [-0.4, -0.2) is 44.9 Å². The molecule has 1 fully saturated rings. The summed E-state index contributed by atoms with van der Waals surface area (Å²) in [4.78, 5) is 0. The Morgan fingerprint density at radius 2 is 1.62 bits per heavy atom. The minimum atomic E-state index is -0.503. The molecular weight excluding hydrogens is 304 g/mol. The van der Waals surface area contributed by atoms with E-state index in [4.69, 9.17) is 18.9 Å². The summed E-state index contributed by atoms with van der Waals surface area (Å²) in [5.41, 5.74) is 0. The average molecular weight is 345 g/mol. The molecule has 0 aliphatic carbocycles. The second-order valence-electron chi connectivity index (χ2n) is 6.92. The molecule has 144 valence electrons. The summed E-state index contributed by atoms with van der Waals surface area (Å²) in [7, 11) is 0. The van der Waals surface area contributed by atoms with E-state index in [9.17, 15) is 0 Å². The van der Waals surface area contributed by atoms with Gasteiger partial charge in [-0.1, -0.05) is 52.4 Å². The van der Waals surface area contributed by atoms with Crippen LogP contribution in [0.4, 0.5) is 0 Å². The molecule has 4 nitrogen and oxygen atoms in total. The van der Waals surface area contributed by atoms with Gasteiger partial charge in [-0.15, -0.1) is 0 Å². The largest absolute Gasteiger partial charge is 0.378 e. The maximum absolute atomic E-state index is 6.12. The first-order chi connectivity index (χ1) is 11.7. The van der Waals surface area contributed by atoms with E-state index in [0.29, 0.717) is 38.4 Å². The molecular formula is C20H40O4. The zero-order valence-corrected chi connectivity index (χ0v) is 16.5. The minimum absolute atomic E-state index is 0.319. The average Bonchev–Trinajstić information content (AvgIpc) is 3.39. The number of unbranched alkanes of at least 4 members (excludes halogenated alkanes) is 5. The monoisotopic (exact) mass is 344 g/mol. The van der Waals surface area contributed by atoms with Crippen LogP contribution in [0.15, 0.2) is 0 Å². The summed E-state index contributed by atoms with van der Waals surface area (Å²) >= 11 is 0. The Balaban J connectivity index is 2.37. The van der Waals surface area contributed by atoms with Crippen molar-refractivity contribution in [2.75, 3.05) is 33.0 Å². The van der Waals surface area contributed by atoms with E-state index in [0.717, 1.165) is 19.4 Å². The Bertz CT molecular complexity index is 285. The van der Waals surface area contributed by atoms with Crippen LogP contribution in [-0.2, 0) is 18.9 Å². The molecule has 1 rings (SSSR count). The molecule has 0 spiro atoms. The van der Waals surface area contributed by atoms with Gasteiger partial charge in [0.25, 0.3) is 0 Å². The van der Waals surface area contributed by atoms with E-state index in [1.165, 1.54) is 38.5 Å². The van der Waals surface area contributed by atoms with Crippen LogP contribution < -0.4 is 0 Å². The fraction of sp³-hybridized carbons (Fsp3) is 1.00. The quantitative estimate of drug-likeness (QED) is 0.213. The highest BCUT2D eigenvalue weighted by Crippen LogP contribution is 2.32. The van der Waals surface area contributed by atoms with Crippen LogP contribution >= 0.6 is 0 Å². The molecule has 1 heterocycles. The van der Waals surface area contributed by atoms with Gasteiger partial charge in [-0.05, 0) is 20.3 Å². The van der Waals surface area contributed by atoms with Gasteiger partial charge in [0.05, 0.1) is 19.8 Å². The highest BCUT2D eigenvalue weighted by atomic mass is 16.7. The van der Waals surface area contributed by atoms with E-state index < -0.39 is 5.79 Å². The SMILES string of the molecule is CCCCCCCCC(C)C(CCOCC1CO1)(OCC)OCC. The van der Waals surface area contributed by atoms with Gasteiger partial charge in [-0.3, -0.25) is 0 Å². The maximum Gasteiger partial charge on any atom is 0.172 e. The first-order valence-corrected chi connectivity index (χ1v) is 10.2. The van der Waals surface area contributed by atoms with E-state index >= 15 is 0 Å². The molecule has 0 aromatic rings. The van der Waals surface area contributed by atoms with Crippen molar-refractivity contribution in [3.05, 3.63) is 0 Å². The molecule has 4 heteroatoms. The van der Waals surface area contributed by atoms with E-state index in [-0.39, 0.29) is 0 Å². The van der Waals surface area contributed by atoms with Crippen LogP contribution in [0.5, 0.6) is 0 Å². The van der Waals surface area contributed by atoms with Crippen molar-refractivity contribution >= 4 is 0 Å². The third-order valence-electron chi connectivity index (χ3n) is 4.82. The van der Waals surface area contributed by atoms with Gasteiger partial charge >= 0.3 is 0 Å². The molecule has 0 N–H and O–H groups in total. The van der Waals surface area contributed by atoms with Gasteiger partial charge in [0.1, 0.15) is 6.10 Å². The Kier molecular flexibility index (Phi) is 11.9. The van der Waals surface area contributed by atoms with Crippen LogP contribution in [0.1, 0.15) is 79.1 Å². The summed E-state index contributed by atoms with van der Waals surface area (Å²) in [5, 5.41) is 0. The normalized spacial score (nSPS) is 18.8. The first-order valence-electron chi connectivity index (χ1n) is 10.2. The zero-order chi connectivity index (χ0) is 17.7. The predicted octanol–water partition coefficient (Wildman–Crippen LogP) is 4.95. The van der Waals surface area contributed by atoms with Crippen molar-refractivity contribution in [2.45, 2.75) is 91.0 Å². The smallest absolute Gasteiger partial charge is 0.172 e. The zero-order valence-electron chi connectivity index (χ0n) is 16.5. The summed E-state index contributed by atoms with van der Waals surface area (Å²) in [5.74, 6) is -0.124. The lowest BCUT2D eigenvalue weighted by molar-refractivity contribution is -0.269. The van der Waals surface area contributed by atoms with Crippen molar-refractivity contribution in [3.8, 4) is 0 Å². The number of hydrogen-bond donors (Lipinski definition) is 0. The summed E-state index contributed by atoms with van der Waals surface area (Å²) < 4.78 is 23.2. The van der Waals surface area contributed by atoms with Crippen LogP contribution in [0, 0.1) is 5.92 Å². The molecule has 2 unspecified atom stereocenters. The molecule has 0 saturated carbocycles. The van der Waals surface area contributed by atoms with Crippen LogP contribution in [0.3, 0.4) is 0 Å². The molecule has 0 amide bonds. The van der Waals surface area contributed by atoms with Crippen molar-refractivity contribution in [2.24, 2.45) is 5.92 Å². The molecule has 1 aliphatic rings. The van der Waals surface area contributed by atoms with Crippen molar-refractivity contribution in [1.82, 2.24) is 0 Å². The fourth-order valence-electron chi connectivity index (χ4n) is 3.25. The van der Waals surface area contributed by atoms with Gasteiger partial charge in [-0.2, -0.15) is 0 Å². The number of rotatable bonds is 17. The summed E-state index contributed by atoms with van der Waals surface area (Å²) in [6, 6.07) is 0. The second kappa shape index (κ2) is 13.1. The predicted molar refractivity (Wildman–Crippen MR) is 98.3 cm³/mol. The molecule has 0 aromatic carbocycles. The molecule has 1 saturated heterocycles. The van der Waals surface area contributed by atoms with Crippen molar-refractivity contribution in [1.29, 1.82) is 0 Å². The van der Waals surface area contributed by atoms with Crippen molar-refractivity contribution in [3.63, 3.8) is 0 Å². The van der Waals surface area contributed by atoms with E-state index in [1.807, 2.05) is 13.8 Å². The third-order valence-corrected chi connectivity index (χ3v) is 4.82. The van der Waals surface area contributed by atoms with Crippen LogP contribution in [0.25, 0.3) is 0 Å². The molecule has 0 bridgehead atoms. The van der Waals surface area contributed by atoms with Gasteiger partial charge in [0.15, 0.2) is 5.79 Å². The number of epoxide rings is 1. The first kappa shape index (κ1) is 21.9. The summed E-state index contributed by atoms with van der Waals surface area (Å²) in [6.45, 7) is 12.2. The van der Waals surface area contributed by atoms with Gasteiger partial charge < -0.3 is 18.9 Å². The summed E-state index contributed by atoms with van der Waals surface area (Å²) in [6.07, 6.45) is 10.2. The Morgan fingerprint density at radius 1 is 1.00 bits per heavy atom. The van der Waals surface area contributed by atoms with E-state index in [2.05, 4.69) is 13.8 Å². The lowest BCUT2D eigenvalue weighted by Gasteiger charge is -2.38. The lowest BCUT2D eigenvalue weighted by atomic mass is 9.91. The standard InChI is InChI=1S/C20H40O4/c1-5-8-9-10-11-12-13-18(4)20(23-6-2,24-7-3)14-15-21-16-19-17-22-19/h18-19H,5-17H2,1-4H3. The number of ether oxygens (including phenoxy) is 4.